The Morgan fingerprint density at radius 1 is 1.34 bits per heavy atom. The number of hydrogen-bond acceptors (Lipinski definition) is 5. The number of hydrogen-bond donors (Lipinski definition) is 2. The van der Waals surface area contributed by atoms with Crippen LogP contribution in [0.25, 0.3) is 0 Å². The van der Waals surface area contributed by atoms with E-state index in [2.05, 4.69) is 34.7 Å². The zero-order valence-electron chi connectivity index (χ0n) is 18.6. The monoisotopic (exact) mass is 459 g/mol. The van der Waals surface area contributed by atoms with Crippen molar-refractivity contribution < 1.29 is 18.5 Å². The fourth-order valence-electron chi connectivity index (χ4n) is 4.96. The molecule has 2 aliphatic carbocycles. The molecule has 10 heteroatoms. The van der Waals surface area contributed by atoms with E-state index in [1.54, 1.807) is 11.8 Å². The van der Waals surface area contributed by atoms with Crippen LogP contribution in [0.2, 0.25) is 0 Å². The summed E-state index contributed by atoms with van der Waals surface area (Å²) in [5.74, 6) is 0.317. The second-order valence-electron chi connectivity index (χ2n) is 9.66. The summed E-state index contributed by atoms with van der Waals surface area (Å²) in [4.78, 5) is 13.1. The summed E-state index contributed by atoms with van der Waals surface area (Å²) in [5.41, 5.74) is 5.36. The summed E-state index contributed by atoms with van der Waals surface area (Å²) in [6, 6.07) is 1.52. The summed E-state index contributed by atoms with van der Waals surface area (Å²) >= 11 is 0. The van der Waals surface area contributed by atoms with Crippen molar-refractivity contribution in [3.8, 4) is 5.88 Å². The number of aryl methyl sites for hydroxylation is 1. The van der Waals surface area contributed by atoms with Crippen LogP contribution in [0.3, 0.4) is 0 Å². The summed E-state index contributed by atoms with van der Waals surface area (Å²) in [6.45, 7) is 5.16. The molecule has 1 aromatic carbocycles. The Bertz CT molecular complexity index is 1230. The standard InChI is InChI=1S/C22H29N5O4S/c1-22(2)11-27-20(31-12-22)18(10-24-27)32(23,29)26-21(28)25-19-16-6-4-5-13(16)7-14-8-15(30-3)9-17(14)19/h7,10,15H,4-6,8-9,11-12H2,1-3H3,(H3,23,25,26,28,29)/t15-,32+/m1/s1. The van der Waals surface area contributed by atoms with Crippen LogP contribution in [0.15, 0.2) is 21.5 Å². The first-order valence-electron chi connectivity index (χ1n) is 10.9. The number of nitrogens with two attached hydrogens (primary N) is 1. The zero-order valence-corrected chi connectivity index (χ0v) is 19.5. The van der Waals surface area contributed by atoms with E-state index in [-0.39, 0.29) is 16.4 Å². The van der Waals surface area contributed by atoms with Crippen LogP contribution in [-0.2, 0) is 46.9 Å². The van der Waals surface area contributed by atoms with Gasteiger partial charge in [0, 0.05) is 24.6 Å². The molecule has 2 amide bonds. The molecule has 1 aliphatic heterocycles. The molecular weight excluding hydrogens is 430 g/mol. The van der Waals surface area contributed by atoms with Gasteiger partial charge in [-0.25, -0.2) is 18.8 Å². The molecule has 0 spiro atoms. The van der Waals surface area contributed by atoms with Crippen molar-refractivity contribution in [3.05, 3.63) is 34.5 Å². The summed E-state index contributed by atoms with van der Waals surface area (Å²) in [7, 11) is -1.82. The number of nitrogens with one attached hydrogen (secondary N) is 1. The molecule has 0 bridgehead atoms. The first kappa shape index (κ1) is 21.4. The average Bonchev–Trinajstić information content (AvgIpc) is 3.43. The van der Waals surface area contributed by atoms with Crippen molar-refractivity contribution in [2.24, 2.45) is 14.9 Å². The number of fused-ring (bicyclic) bond motifs is 3. The van der Waals surface area contributed by atoms with Gasteiger partial charge in [0.15, 0.2) is 9.92 Å². The topological polar surface area (TPSA) is 121 Å². The lowest BCUT2D eigenvalue weighted by Gasteiger charge is -2.30. The van der Waals surface area contributed by atoms with Crippen LogP contribution in [-0.4, -0.2) is 39.8 Å². The highest BCUT2D eigenvalue weighted by atomic mass is 32.2. The summed E-state index contributed by atoms with van der Waals surface area (Å²) < 4.78 is 30.1. The van der Waals surface area contributed by atoms with Crippen molar-refractivity contribution in [3.63, 3.8) is 0 Å². The molecule has 0 saturated heterocycles. The molecule has 0 fully saturated rings. The second kappa shape index (κ2) is 7.57. The minimum Gasteiger partial charge on any atom is -0.476 e. The molecule has 0 unspecified atom stereocenters. The number of amides is 2. The number of methoxy groups -OCH3 is 1. The first-order chi connectivity index (χ1) is 15.2. The Balaban J connectivity index is 1.46. The molecule has 172 valence electrons. The van der Waals surface area contributed by atoms with E-state index in [1.807, 2.05) is 0 Å². The smallest absolute Gasteiger partial charge is 0.354 e. The van der Waals surface area contributed by atoms with Crippen LogP contribution in [0.5, 0.6) is 5.88 Å². The molecule has 32 heavy (non-hydrogen) atoms. The number of urea groups is 1. The molecule has 1 aromatic heterocycles. The number of aromatic nitrogens is 2. The molecule has 0 radical (unpaired) electrons. The number of ether oxygens (including phenoxy) is 2. The Kier molecular flexibility index (Phi) is 5.06. The highest BCUT2D eigenvalue weighted by Crippen LogP contribution is 2.39. The molecule has 2 aromatic rings. The molecule has 9 nitrogen and oxygen atoms in total. The zero-order chi connectivity index (χ0) is 22.7. The lowest BCUT2D eigenvalue weighted by molar-refractivity contribution is 0.0972. The van der Waals surface area contributed by atoms with Crippen molar-refractivity contribution in [1.82, 2.24) is 9.78 Å². The minimum absolute atomic E-state index is 0.0965. The highest BCUT2D eigenvalue weighted by molar-refractivity contribution is 7.91. The van der Waals surface area contributed by atoms with Crippen LogP contribution in [0.1, 0.15) is 42.5 Å². The number of carbonyl (C=O) groups excluding carboxylic acids is 1. The molecule has 2 atom stereocenters. The lowest BCUT2D eigenvalue weighted by Crippen LogP contribution is -2.33. The lowest BCUT2D eigenvalue weighted by atomic mass is 9.94. The van der Waals surface area contributed by atoms with Gasteiger partial charge in [-0.15, -0.1) is 4.36 Å². The largest absolute Gasteiger partial charge is 0.476 e. The Morgan fingerprint density at radius 3 is 2.94 bits per heavy atom. The normalized spacial score (nSPS) is 22.3. The molecule has 2 heterocycles. The van der Waals surface area contributed by atoms with Gasteiger partial charge in [0.1, 0.15) is 4.90 Å². The van der Waals surface area contributed by atoms with Gasteiger partial charge in [-0.3, -0.25) is 0 Å². The van der Waals surface area contributed by atoms with Crippen molar-refractivity contribution >= 4 is 21.6 Å². The van der Waals surface area contributed by atoms with E-state index in [0.717, 1.165) is 48.9 Å². The predicted molar refractivity (Wildman–Crippen MR) is 120 cm³/mol. The van der Waals surface area contributed by atoms with Gasteiger partial charge in [-0.1, -0.05) is 19.9 Å². The third kappa shape index (κ3) is 3.70. The van der Waals surface area contributed by atoms with E-state index >= 15 is 0 Å². The number of carbonyl (C=O) groups is 1. The average molecular weight is 460 g/mol. The van der Waals surface area contributed by atoms with E-state index < -0.39 is 15.9 Å². The third-order valence-electron chi connectivity index (χ3n) is 6.52. The number of anilines is 1. The maximum atomic E-state index is 13.2. The van der Waals surface area contributed by atoms with Gasteiger partial charge in [-0.2, -0.15) is 5.10 Å². The number of rotatable bonds is 3. The van der Waals surface area contributed by atoms with Gasteiger partial charge in [0.25, 0.3) is 0 Å². The van der Waals surface area contributed by atoms with Crippen molar-refractivity contribution in [2.45, 2.75) is 63.5 Å². The van der Waals surface area contributed by atoms with Crippen molar-refractivity contribution in [1.29, 1.82) is 0 Å². The fourth-order valence-corrected chi connectivity index (χ4v) is 5.97. The minimum atomic E-state index is -3.53. The predicted octanol–water partition coefficient (Wildman–Crippen LogP) is 2.84. The maximum Gasteiger partial charge on any atom is 0.354 e. The van der Waals surface area contributed by atoms with Crippen LogP contribution in [0.4, 0.5) is 10.5 Å². The quantitative estimate of drug-likeness (QED) is 0.731. The number of benzene rings is 1. The van der Waals surface area contributed by atoms with E-state index in [9.17, 15) is 9.00 Å². The summed E-state index contributed by atoms with van der Waals surface area (Å²) in [6.07, 6.45) is 5.97. The fraction of sp³-hybridized carbons (Fsp3) is 0.545. The van der Waals surface area contributed by atoms with Crippen LogP contribution < -0.4 is 15.2 Å². The first-order valence-corrected chi connectivity index (χ1v) is 12.5. The van der Waals surface area contributed by atoms with Gasteiger partial charge < -0.3 is 14.8 Å². The maximum absolute atomic E-state index is 13.2. The van der Waals surface area contributed by atoms with Gasteiger partial charge in [-0.05, 0) is 47.9 Å². The highest BCUT2D eigenvalue weighted by Gasteiger charge is 2.33. The van der Waals surface area contributed by atoms with Gasteiger partial charge in [0.2, 0.25) is 5.88 Å². The van der Waals surface area contributed by atoms with E-state index in [1.165, 1.54) is 17.3 Å². The van der Waals surface area contributed by atoms with E-state index in [4.69, 9.17) is 14.6 Å². The van der Waals surface area contributed by atoms with Crippen molar-refractivity contribution in [2.75, 3.05) is 19.0 Å². The SMILES string of the molecule is CO[C@@H]1Cc2cc3c(c(NC(=O)N=[S@](N)(=O)c4cnn5c4OCC(C)(C)C5)c2C1)CCC3. The second-order valence-corrected chi connectivity index (χ2v) is 11.4. The third-order valence-corrected chi connectivity index (χ3v) is 7.86. The van der Waals surface area contributed by atoms with Gasteiger partial charge >= 0.3 is 6.03 Å². The Labute approximate surface area is 188 Å². The molecule has 0 saturated carbocycles. The number of nitrogens with zero attached hydrogens (tertiary/aromatic N) is 3. The molecule has 3 N–H and O–H groups in total. The molecular formula is C22H29N5O4S. The molecule has 3 aliphatic rings. The van der Waals surface area contributed by atoms with Gasteiger partial charge in [0.05, 0.1) is 25.5 Å². The van der Waals surface area contributed by atoms with Crippen LogP contribution >= 0.6 is 0 Å². The Morgan fingerprint density at radius 2 is 2.16 bits per heavy atom. The molecule has 5 rings (SSSR count). The van der Waals surface area contributed by atoms with E-state index in [0.29, 0.717) is 19.0 Å². The summed E-state index contributed by atoms with van der Waals surface area (Å²) in [5, 5.41) is 13.2. The Hall–Kier alpha value is -2.43. The van der Waals surface area contributed by atoms with Crippen LogP contribution in [0, 0.1) is 5.41 Å².